The van der Waals surface area contributed by atoms with Crippen molar-refractivity contribution in [1.82, 2.24) is 0 Å². The highest BCUT2D eigenvalue weighted by atomic mass is 32.1. The van der Waals surface area contributed by atoms with E-state index in [1.165, 1.54) is 23.5 Å². The third-order valence-corrected chi connectivity index (χ3v) is 3.64. The molecule has 0 saturated heterocycles. The fourth-order valence-corrected chi connectivity index (χ4v) is 2.55. The lowest BCUT2D eigenvalue weighted by Crippen LogP contribution is -2.21. The fourth-order valence-electron chi connectivity index (χ4n) is 1.60. The van der Waals surface area contributed by atoms with E-state index in [2.05, 4.69) is 4.74 Å². The van der Waals surface area contributed by atoms with E-state index in [4.69, 9.17) is 15.6 Å². The molecule has 0 radical (unpaired) electrons. The van der Waals surface area contributed by atoms with Crippen molar-refractivity contribution in [3.8, 4) is 16.2 Å². The molecular weight excluding hydrogens is 376 g/mol. The lowest BCUT2D eigenvalue weighted by Gasteiger charge is -2.09. The summed E-state index contributed by atoms with van der Waals surface area (Å²) in [5.41, 5.74) is 7.50. The molecule has 2 aromatic rings. The second-order valence-corrected chi connectivity index (χ2v) is 5.62. The van der Waals surface area contributed by atoms with Crippen molar-refractivity contribution >= 4 is 22.3 Å². The lowest BCUT2D eigenvalue weighted by molar-refractivity contribution is -0.274. The van der Waals surface area contributed by atoms with E-state index < -0.39 is 18.5 Å². The molecule has 1 aromatic heterocycles. The topological polar surface area (TPSA) is 72.5 Å². The van der Waals surface area contributed by atoms with E-state index in [0.29, 0.717) is 5.00 Å². The van der Waals surface area contributed by atoms with Crippen molar-refractivity contribution in [2.45, 2.75) is 19.5 Å². The van der Waals surface area contributed by atoms with Gasteiger partial charge in [-0.15, -0.1) is 24.5 Å². The maximum Gasteiger partial charge on any atom is 0.573 e. The molecule has 138 valence electrons. The second kappa shape index (κ2) is 7.64. The first-order valence-electron chi connectivity index (χ1n) is 6.32. The lowest BCUT2D eigenvalue weighted by atomic mass is 10.1. The minimum atomic E-state index is -5.08. The summed E-state index contributed by atoms with van der Waals surface area (Å²) in [6, 6.07) is 7.58. The molecular formula is C14H11F6NO3S. The van der Waals surface area contributed by atoms with Gasteiger partial charge < -0.3 is 15.6 Å². The highest BCUT2D eigenvalue weighted by Crippen LogP contribution is 2.35. The number of ether oxygens (including phenoxy) is 1. The summed E-state index contributed by atoms with van der Waals surface area (Å²) < 4.78 is 71.5. The van der Waals surface area contributed by atoms with Crippen LogP contribution in [0.2, 0.25) is 0 Å². The van der Waals surface area contributed by atoms with Gasteiger partial charge in [0.2, 0.25) is 0 Å². The van der Waals surface area contributed by atoms with E-state index >= 15 is 0 Å². The maximum atomic E-state index is 12.0. The SMILES string of the molecule is Cc1cc(N)sc1-c1ccc(OC(F)(F)F)cc1.O=C(O)C(F)(F)F. The second-order valence-electron chi connectivity index (χ2n) is 4.54. The molecule has 2 rings (SSSR count). The molecule has 0 aliphatic rings. The van der Waals surface area contributed by atoms with Crippen molar-refractivity contribution in [2.75, 3.05) is 5.73 Å². The zero-order chi connectivity index (χ0) is 19.4. The Hall–Kier alpha value is -2.43. The Morgan fingerprint density at radius 1 is 1.12 bits per heavy atom. The van der Waals surface area contributed by atoms with Crippen molar-refractivity contribution < 1.29 is 41.0 Å². The minimum absolute atomic E-state index is 0.228. The van der Waals surface area contributed by atoms with E-state index in [1.54, 1.807) is 12.1 Å². The molecule has 0 atom stereocenters. The standard InChI is InChI=1S/C12H10F3NOS.C2HF3O2/c1-7-6-10(16)18-11(7)8-2-4-9(5-3-8)17-12(13,14)15;3-2(4,5)1(6)7/h2-6H,16H2,1H3;(H,6,7). The molecule has 0 unspecified atom stereocenters. The first-order chi connectivity index (χ1) is 11.3. The number of alkyl halides is 6. The van der Waals surface area contributed by atoms with Crippen molar-refractivity contribution in [1.29, 1.82) is 0 Å². The first kappa shape index (κ1) is 20.6. The van der Waals surface area contributed by atoms with Crippen LogP contribution in [0.4, 0.5) is 31.3 Å². The molecule has 1 heterocycles. The molecule has 0 bridgehead atoms. The fraction of sp³-hybridized carbons (Fsp3) is 0.214. The van der Waals surface area contributed by atoms with Gasteiger partial charge in [-0.2, -0.15) is 13.2 Å². The Kier molecular flexibility index (Phi) is 6.30. The quantitative estimate of drug-likeness (QED) is 0.724. The van der Waals surface area contributed by atoms with Gasteiger partial charge in [0, 0.05) is 4.88 Å². The number of nitrogens with two attached hydrogens (primary N) is 1. The Balaban J connectivity index is 0.000000381. The van der Waals surface area contributed by atoms with Gasteiger partial charge in [-0.3, -0.25) is 0 Å². The van der Waals surface area contributed by atoms with E-state index in [-0.39, 0.29) is 5.75 Å². The van der Waals surface area contributed by atoms with Gasteiger partial charge >= 0.3 is 18.5 Å². The van der Waals surface area contributed by atoms with Crippen LogP contribution < -0.4 is 10.5 Å². The van der Waals surface area contributed by atoms with Gasteiger partial charge in [-0.05, 0) is 48.4 Å². The molecule has 0 fully saturated rings. The Morgan fingerprint density at radius 2 is 1.60 bits per heavy atom. The van der Waals surface area contributed by atoms with Crippen LogP contribution >= 0.6 is 11.3 Å². The van der Waals surface area contributed by atoms with Crippen molar-refractivity contribution in [3.05, 3.63) is 35.9 Å². The summed E-state index contributed by atoms with van der Waals surface area (Å²) >= 11 is 1.40. The predicted molar refractivity (Wildman–Crippen MR) is 79.3 cm³/mol. The van der Waals surface area contributed by atoms with Gasteiger partial charge in [0.15, 0.2) is 0 Å². The smallest absolute Gasteiger partial charge is 0.475 e. The average molecular weight is 387 g/mol. The molecule has 1 aromatic carbocycles. The number of benzene rings is 1. The van der Waals surface area contributed by atoms with E-state index in [1.807, 2.05) is 13.0 Å². The third kappa shape index (κ3) is 6.91. The predicted octanol–water partition coefficient (Wildman–Crippen LogP) is 4.84. The largest absolute Gasteiger partial charge is 0.573 e. The molecule has 11 heteroatoms. The van der Waals surface area contributed by atoms with Crippen LogP contribution in [0.3, 0.4) is 0 Å². The summed E-state index contributed by atoms with van der Waals surface area (Å²) in [6.45, 7) is 1.91. The molecule has 4 nitrogen and oxygen atoms in total. The van der Waals surface area contributed by atoms with Crippen LogP contribution in [0.1, 0.15) is 5.56 Å². The Labute approximate surface area is 141 Å². The number of hydrogen-bond acceptors (Lipinski definition) is 4. The van der Waals surface area contributed by atoms with Crippen LogP contribution in [-0.2, 0) is 4.79 Å². The molecule has 0 spiro atoms. The van der Waals surface area contributed by atoms with Gasteiger partial charge in [-0.1, -0.05) is 0 Å². The molecule has 0 aliphatic carbocycles. The molecule has 0 amide bonds. The number of rotatable bonds is 2. The van der Waals surface area contributed by atoms with Crippen LogP contribution in [-0.4, -0.2) is 23.6 Å². The number of hydrogen-bond donors (Lipinski definition) is 2. The first-order valence-corrected chi connectivity index (χ1v) is 7.13. The molecule has 0 aliphatic heterocycles. The zero-order valence-corrected chi connectivity index (χ0v) is 13.2. The number of nitrogen functional groups attached to an aromatic ring is 1. The van der Waals surface area contributed by atoms with Crippen LogP contribution in [0, 0.1) is 6.92 Å². The zero-order valence-electron chi connectivity index (χ0n) is 12.4. The summed E-state index contributed by atoms with van der Waals surface area (Å²) in [5, 5.41) is 7.80. The summed E-state index contributed by atoms with van der Waals surface area (Å²) in [6.07, 6.45) is -9.75. The van der Waals surface area contributed by atoms with E-state index in [9.17, 15) is 26.3 Å². The number of anilines is 1. The highest BCUT2D eigenvalue weighted by Gasteiger charge is 2.38. The average Bonchev–Trinajstić information content (AvgIpc) is 2.76. The minimum Gasteiger partial charge on any atom is -0.475 e. The molecule has 0 saturated carbocycles. The normalized spacial score (nSPS) is 11.5. The number of carbonyl (C=O) groups is 1. The molecule has 3 N–H and O–H groups in total. The Morgan fingerprint density at radius 3 is 1.92 bits per heavy atom. The van der Waals surface area contributed by atoms with Gasteiger partial charge in [0.05, 0.1) is 5.00 Å². The maximum absolute atomic E-state index is 12.0. The van der Waals surface area contributed by atoms with Crippen LogP contribution in [0.15, 0.2) is 30.3 Å². The van der Waals surface area contributed by atoms with Crippen LogP contribution in [0.5, 0.6) is 5.75 Å². The number of halogens is 6. The number of aliphatic carboxylic acids is 1. The highest BCUT2D eigenvalue weighted by molar-refractivity contribution is 7.19. The third-order valence-electron chi connectivity index (χ3n) is 2.53. The van der Waals surface area contributed by atoms with Gasteiger partial charge in [0.1, 0.15) is 5.75 Å². The van der Waals surface area contributed by atoms with Crippen LogP contribution in [0.25, 0.3) is 10.4 Å². The van der Waals surface area contributed by atoms with Crippen molar-refractivity contribution in [2.24, 2.45) is 0 Å². The van der Waals surface area contributed by atoms with Crippen molar-refractivity contribution in [3.63, 3.8) is 0 Å². The summed E-state index contributed by atoms with van der Waals surface area (Å²) in [7, 11) is 0. The Bertz CT molecular complexity index is 722. The van der Waals surface area contributed by atoms with Gasteiger partial charge in [0.25, 0.3) is 0 Å². The number of carboxylic acid groups (broad SMARTS) is 1. The number of carboxylic acids is 1. The molecule has 25 heavy (non-hydrogen) atoms. The number of thiophene rings is 1. The summed E-state index contributed by atoms with van der Waals surface area (Å²) in [4.78, 5) is 9.85. The van der Waals surface area contributed by atoms with Gasteiger partial charge in [-0.25, -0.2) is 4.79 Å². The van der Waals surface area contributed by atoms with E-state index in [0.717, 1.165) is 16.0 Å². The number of aryl methyl sites for hydroxylation is 1. The monoisotopic (exact) mass is 387 g/mol. The summed E-state index contributed by atoms with van der Waals surface area (Å²) in [5.74, 6) is -2.99.